The highest BCUT2D eigenvalue weighted by Crippen LogP contribution is 2.15. The Balaban J connectivity index is 1.99. The third-order valence-corrected chi connectivity index (χ3v) is 4.06. The number of hydrogen-bond acceptors (Lipinski definition) is 4. The van der Waals surface area contributed by atoms with Gasteiger partial charge in [0.05, 0.1) is 12.7 Å². The second-order valence-electron chi connectivity index (χ2n) is 5.68. The van der Waals surface area contributed by atoms with E-state index in [9.17, 15) is 4.79 Å². The number of rotatable bonds is 6. The van der Waals surface area contributed by atoms with Gasteiger partial charge in [-0.2, -0.15) is 0 Å². The predicted octanol–water partition coefficient (Wildman–Crippen LogP) is 2.44. The minimum atomic E-state index is -0.247. The summed E-state index contributed by atoms with van der Waals surface area (Å²) in [6.45, 7) is 6.14. The second-order valence-corrected chi connectivity index (χ2v) is 5.68. The minimum Gasteiger partial charge on any atom is -0.465 e. The van der Waals surface area contributed by atoms with Crippen LogP contribution in [0.2, 0.25) is 0 Å². The first-order valence-electron chi connectivity index (χ1n) is 7.86. The predicted molar refractivity (Wildman–Crippen MR) is 84.4 cm³/mol. The molecule has 0 radical (unpaired) electrons. The van der Waals surface area contributed by atoms with Gasteiger partial charge in [-0.15, -0.1) is 0 Å². The molecule has 1 saturated heterocycles. The van der Waals surface area contributed by atoms with Crippen LogP contribution in [0.5, 0.6) is 0 Å². The van der Waals surface area contributed by atoms with E-state index in [0.29, 0.717) is 11.6 Å². The van der Waals surface area contributed by atoms with E-state index in [-0.39, 0.29) is 5.97 Å². The Morgan fingerprint density at radius 1 is 1.43 bits per heavy atom. The van der Waals surface area contributed by atoms with Gasteiger partial charge in [0.2, 0.25) is 0 Å². The highest BCUT2D eigenvalue weighted by Gasteiger charge is 2.20. The van der Waals surface area contributed by atoms with Crippen molar-refractivity contribution in [1.29, 1.82) is 0 Å². The van der Waals surface area contributed by atoms with Gasteiger partial charge in [-0.1, -0.05) is 38.0 Å². The molecular formula is C17H26N2O2. The van der Waals surface area contributed by atoms with Crippen molar-refractivity contribution in [3.8, 4) is 0 Å². The third-order valence-electron chi connectivity index (χ3n) is 4.06. The molecule has 1 aliphatic rings. The number of methoxy groups -OCH3 is 1. The first-order valence-corrected chi connectivity index (χ1v) is 7.86. The Morgan fingerprint density at radius 3 is 3.00 bits per heavy atom. The molecule has 1 N–H and O–H groups in total. The second kappa shape index (κ2) is 8.15. The number of esters is 1. The number of hydrogen-bond donors (Lipinski definition) is 1. The lowest BCUT2D eigenvalue weighted by Gasteiger charge is -2.34. The summed E-state index contributed by atoms with van der Waals surface area (Å²) in [7, 11) is 1.44. The maximum atomic E-state index is 11.8. The monoisotopic (exact) mass is 290 g/mol. The maximum absolute atomic E-state index is 11.8. The quantitative estimate of drug-likeness (QED) is 0.817. The van der Waals surface area contributed by atoms with Crippen molar-refractivity contribution in [2.75, 3.05) is 26.7 Å². The highest BCUT2D eigenvalue weighted by atomic mass is 16.5. The zero-order valence-electron chi connectivity index (χ0n) is 13.1. The molecule has 0 aromatic heterocycles. The standard InChI is InChI=1S/C17H26N2O2/c1-3-4-8-15-13-19(11-10-18-15)12-14-7-5-6-9-16(14)17(20)21-2/h5-7,9,15,18H,3-4,8,10-13H2,1-2H3/t15-/m1/s1. The van der Waals surface area contributed by atoms with Crippen LogP contribution in [0.4, 0.5) is 0 Å². The van der Waals surface area contributed by atoms with Crippen LogP contribution in [-0.4, -0.2) is 43.7 Å². The van der Waals surface area contributed by atoms with Gasteiger partial charge in [-0.3, -0.25) is 4.90 Å². The number of carbonyl (C=O) groups excluding carboxylic acids is 1. The largest absolute Gasteiger partial charge is 0.465 e. The number of nitrogens with one attached hydrogen (secondary N) is 1. The normalized spacial score (nSPS) is 19.4. The lowest BCUT2D eigenvalue weighted by Crippen LogP contribution is -2.50. The van der Waals surface area contributed by atoms with Crippen LogP contribution in [0.15, 0.2) is 24.3 Å². The van der Waals surface area contributed by atoms with E-state index in [1.54, 1.807) is 0 Å². The van der Waals surface area contributed by atoms with Gasteiger partial charge in [-0.05, 0) is 18.1 Å². The van der Waals surface area contributed by atoms with Gasteiger partial charge < -0.3 is 10.1 Å². The SMILES string of the molecule is CCCC[C@@H]1CN(Cc2ccccc2C(=O)OC)CCN1. The van der Waals surface area contributed by atoms with Crippen molar-refractivity contribution in [3.63, 3.8) is 0 Å². The summed E-state index contributed by atoms with van der Waals surface area (Å²) >= 11 is 0. The van der Waals surface area contributed by atoms with E-state index in [2.05, 4.69) is 17.1 Å². The molecule has 1 heterocycles. The third kappa shape index (κ3) is 4.55. The number of piperazine rings is 1. The molecule has 2 rings (SSSR count). The van der Waals surface area contributed by atoms with Gasteiger partial charge >= 0.3 is 5.97 Å². The van der Waals surface area contributed by atoms with Gasteiger partial charge in [-0.25, -0.2) is 4.79 Å². The molecule has 4 nitrogen and oxygen atoms in total. The molecule has 1 aromatic carbocycles. The number of carbonyl (C=O) groups is 1. The Morgan fingerprint density at radius 2 is 2.24 bits per heavy atom. The molecule has 0 saturated carbocycles. The van der Waals surface area contributed by atoms with E-state index in [4.69, 9.17) is 4.74 Å². The van der Waals surface area contributed by atoms with E-state index >= 15 is 0 Å². The van der Waals surface area contributed by atoms with Crippen molar-refractivity contribution >= 4 is 5.97 Å². The number of unbranched alkanes of at least 4 members (excludes halogenated alkanes) is 1. The number of benzene rings is 1. The fraction of sp³-hybridized carbons (Fsp3) is 0.588. The molecule has 0 aliphatic carbocycles. The number of ether oxygens (including phenoxy) is 1. The minimum absolute atomic E-state index is 0.247. The first-order chi connectivity index (χ1) is 10.2. The molecule has 1 fully saturated rings. The zero-order valence-corrected chi connectivity index (χ0v) is 13.1. The molecule has 1 atom stereocenters. The summed E-state index contributed by atoms with van der Waals surface area (Å²) in [5.74, 6) is -0.247. The zero-order chi connectivity index (χ0) is 15.1. The fourth-order valence-corrected chi connectivity index (χ4v) is 2.89. The lowest BCUT2D eigenvalue weighted by atomic mass is 10.0. The molecule has 0 bridgehead atoms. The summed E-state index contributed by atoms with van der Waals surface area (Å²) in [5.41, 5.74) is 1.74. The Labute approximate surface area is 127 Å². The molecule has 1 aliphatic heterocycles. The van der Waals surface area contributed by atoms with Crippen molar-refractivity contribution in [2.24, 2.45) is 0 Å². The van der Waals surface area contributed by atoms with Crippen LogP contribution in [0, 0.1) is 0 Å². The summed E-state index contributed by atoms with van der Waals surface area (Å²) in [4.78, 5) is 14.3. The highest BCUT2D eigenvalue weighted by molar-refractivity contribution is 5.90. The summed E-state index contributed by atoms with van der Waals surface area (Å²) < 4.78 is 4.87. The molecule has 116 valence electrons. The number of nitrogens with zero attached hydrogens (tertiary/aromatic N) is 1. The summed E-state index contributed by atoms with van der Waals surface area (Å²) in [6, 6.07) is 8.31. The van der Waals surface area contributed by atoms with Crippen molar-refractivity contribution in [2.45, 2.75) is 38.8 Å². The van der Waals surface area contributed by atoms with Gasteiger partial charge in [0.25, 0.3) is 0 Å². The summed E-state index contributed by atoms with van der Waals surface area (Å²) in [6.07, 6.45) is 3.74. The summed E-state index contributed by atoms with van der Waals surface area (Å²) in [5, 5.41) is 3.58. The van der Waals surface area contributed by atoms with Crippen LogP contribution in [0.1, 0.15) is 42.1 Å². The van der Waals surface area contributed by atoms with Crippen molar-refractivity contribution < 1.29 is 9.53 Å². The van der Waals surface area contributed by atoms with Crippen LogP contribution in [0.3, 0.4) is 0 Å². The van der Waals surface area contributed by atoms with Crippen LogP contribution in [0.25, 0.3) is 0 Å². The van der Waals surface area contributed by atoms with Gasteiger partial charge in [0, 0.05) is 32.2 Å². The molecule has 0 unspecified atom stereocenters. The Kier molecular flexibility index (Phi) is 6.21. The van der Waals surface area contributed by atoms with E-state index in [0.717, 1.165) is 31.7 Å². The van der Waals surface area contributed by atoms with Crippen LogP contribution >= 0.6 is 0 Å². The van der Waals surface area contributed by atoms with Crippen LogP contribution < -0.4 is 5.32 Å². The van der Waals surface area contributed by atoms with Crippen LogP contribution in [-0.2, 0) is 11.3 Å². The maximum Gasteiger partial charge on any atom is 0.338 e. The van der Waals surface area contributed by atoms with Gasteiger partial charge in [0.1, 0.15) is 0 Å². The molecular weight excluding hydrogens is 264 g/mol. The van der Waals surface area contributed by atoms with Crippen molar-refractivity contribution in [3.05, 3.63) is 35.4 Å². The first kappa shape index (κ1) is 16.0. The molecule has 0 amide bonds. The lowest BCUT2D eigenvalue weighted by molar-refractivity contribution is 0.0597. The Hall–Kier alpha value is -1.39. The van der Waals surface area contributed by atoms with Gasteiger partial charge in [0.15, 0.2) is 0 Å². The molecule has 1 aromatic rings. The smallest absolute Gasteiger partial charge is 0.338 e. The van der Waals surface area contributed by atoms with E-state index in [1.807, 2.05) is 24.3 Å². The topological polar surface area (TPSA) is 41.6 Å². The average molecular weight is 290 g/mol. The molecule has 21 heavy (non-hydrogen) atoms. The Bertz CT molecular complexity index is 462. The van der Waals surface area contributed by atoms with E-state index in [1.165, 1.54) is 26.4 Å². The molecule has 0 spiro atoms. The molecule has 4 heteroatoms. The average Bonchev–Trinajstić information content (AvgIpc) is 2.53. The fourth-order valence-electron chi connectivity index (χ4n) is 2.89. The van der Waals surface area contributed by atoms with E-state index < -0.39 is 0 Å². The van der Waals surface area contributed by atoms with Crippen molar-refractivity contribution in [1.82, 2.24) is 10.2 Å².